The topological polar surface area (TPSA) is 84.5 Å². The van der Waals surface area contributed by atoms with E-state index >= 15 is 0 Å². The van der Waals surface area contributed by atoms with Gasteiger partial charge in [-0.2, -0.15) is 0 Å². The number of ether oxygens (including phenoxy) is 1. The molecular weight excluding hydrogens is 272 g/mol. The molecule has 0 fully saturated rings. The van der Waals surface area contributed by atoms with Crippen molar-refractivity contribution in [1.29, 1.82) is 0 Å². The first-order valence-electron chi connectivity index (χ1n) is 6.72. The SMILES string of the molecule is CCNC(=O)CNC(=O)COC(=O)c1cccc(C)c1C. The van der Waals surface area contributed by atoms with Gasteiger partial charge in [-0.25, -0.2) is 4.79 Å². The maximum atomic E-state index is 11.9. The number of aryl methyl sites for hydroxylation is 1. The number of carbonyl (C=O) groups is 3. The first-order valence-corrected chi connectivity index (χ1v) is 6.72. The fourth-order valence-electron chi connectivity index (χ4n) is 1.67. The van der Waals surface area contributed by atoms with Crippen molar-refractivity contribution in [2.24, 2.45) is 0 Å². The Bertz CT molecular complexity index is 540. The largest absolute Gasteiger partial charge is 0.452 e. The number of carbonyl (C=O) groups excluding carboxylic acids is 3. The molecule has 0 aromatic heterocycles. The third kappa shape index (κ3) is 5.25. The predicted octanol–water partition coefficient (Wildman–Crippen LogP) is 0.713. The number of hydrogen-bond acceptors (Lipinski definition) is 4. The molecule has 0 unspecified atom stereocenters. The molecule has 0 aliphatic rings. The van der Waals surface area contributed by atoms with Crippen LogP contribution in [0, 0.1) is 13.8 Å². The summed E-state index contributed by atoms with van der Waals surface area (Å²) in [7, 11) is 0. The molecule has 0 radical (unpaired) electrons. The maximum Gasteiger partial charge on any atom is 0.338 e. The van der Waals surface area contributed by atoms with Crippen molar-refractivity contribution in [2.45, 2.75) is 20.8 Å². The third-order valence-electron chi connectivity index (χ3n) is 2.98. The second kappa shape index (κ2) is 8.04. The summed E-state index contributed by atoms with van der Waals surface area (Å²) in [6.45, 7) is 5.45. The molecule has 0 saturated heterocycles. The summed E-state index contributed by atoms with van der Waals surface area (Å²) in [5, 5.41) is 4.92. The summed E-state index contributed by atoms with van der Waals surface area (Å²) in [5.41, 5.74) is 2.24. The van der Waals surface area contributed by atoms with Crippen molar-refractivity contribution in [2.75, 3.05) is 19.7 Å². The van der Waals surface area contributed by atoms with E-state index in [0.29, 0.717) is 12.1 Å². The van der Waals surface area contributed by atoms with Crippen LogP contribution >= 0.6 is 0 Å². The Kier molecular flexibility index (Phi) is 6.39. The van der Waals surface area contributed by atoms with Crippen molar-refractivity contribution in [3.05, 3.63) is 34.9 Å². The van der Waals surface area contributed by atoms with Crippen LogP contribution < -0.4 is 10.6 Å². The molecular formula is C15H20N2O4. The molecule has 2 amide bonds. The molecule has 6 nitrogen and oxygen atoms in total. The third-order valence-corrected chi connectivity index (χ3v) is 2.98. The highest BCUT2D eigenvalue weighted by atomic mass is 16.5. The zero-order chi connectivity index (χ0) is 15.8. The quantitative estimate of drug-likeness (QED) is 0.756. The lowest BCUT2D eigenvalue weighted by molar-refractivity contribution is -0.127. The van der Waals surface area contributed by atoms with Crippen molar-refractivity contribution in [1.82, 2.24) is 10.6 Å². The summed E-state index contributed by atoms with van der Waals surface area (Å²) in [4.78, 5) is 34.5. The summed E-state index contributed by atoms with van der Waals surface area (Å²) in [5.74, 6) is -1.35. The fraction of sp³-hybridized carbons (Fsp3) is 0.400. The molecule has 2 N–H and O–H groups in total. The minimum atomic E-state index is -0.552. The summed E-state index contributed by atoms with van der Waals surface area (Å²) in [6, 6.07) is 5.30. The molecule has 0 aliphatic carbocycles. The number of hydrogen-bond donors (Lipinski definition) is 2. The van der Waals surface area contributed by atoms with Crippen molar-refractivity contribution >= 4 is 17.8 Å². The number of amides is 2. The monoisotopic (exact) mass is 292 g/mol. The summed E-state index contributed by atoms with van der Waals surface area (Å²) < 4.78 is 4.94. The molecule has 0 spiro atoms. The molecule has 0 bridgehead atoms. The lowest BCUT2D eigenvalue weighted by atomic mass is 10.0. The van der Waals surface area contributed by atoms with Crippen LogP contribution in [0.4, 0.5) is 0 Å². The number of benzene rings is 1. The first kappa shape index (κ1) is 16.7. The van der Waals surface area contributed by atoms with E-state index in [-0.39, 0.29) is 12.5 Å². The van der Waals surface area contributed by atoms with E-state index in [1.165, 1.54) is 0 Å². The van der Waals surface area contributed by atoms with Gasteiger partial charge in [-0.05, 0) is 38.0 Å². The first-order chi connectivity index (χ1) is 9.95. The molecule has 114 valence electrons. The molecule has 6 heteroatoms. The van der Waals surface area contributed by atoms with Gasteiger partial charge in [0.1, 0.15) is 0 Å². The van der Waals surface area contributed by atoms with Gasteiger partial charge in [-0.15, -0.1) is 0 Å². The highest BCUT2D eigenvalue weighted by Crippen LogP contribution is 2.13. The van der Waals surface area contributed by atoms with E-state index in [0.717, 1.165) is 11.1 Å². The van der Waals surface area contributed by atoms with Gasteiger partial charge in [0.25, 0.3) is 5.91 Å². The lowest BCUT2D eigenvalue weighted by Crippen LogP contribution is -2.38. The predicted molar refractivity (Wildman–Crippen MR) is 77.9 cm³/mol. The average Bonchev–Trinajstić information content (AvgIpc) is 2.45. The molecule has 1 aromatic rings. The molecule has 0 saturated carbocycles. The van der Waals surface area contributed by atoms with E-state index in [2.05, 4.69) is 10.6 Å². The van der Waals surface area contributed by atoms with Crippen LogP contribution in [0.2, 0.25) is 0 Å². The zero-order valence-corrected chi connectivity index (χ0v) is 12.5. The van der Waals surface area contributed by atoms with Gasteiger partial charge in [-0.1, -0.05) is 12.1 Å². The highest BCUT2D eigenvalue weighted by Gasteiger charge is 2.13. The second-order valence-corrected chi connectivity index (χ2v) is 4.55. The fourth-order valence-corrected chi connectivity index (χ4v) is 1.67. The summed E-state index contributed by atoms with van der Waals surface area (Å²) in [6.07, 6.45) is 0. The van der Waals surface area contributed by atoms with Crippen LogP contribution in [0.3, 0.4) is 0 Å². The van der Waals surface area contributed by atoms with Crippen molar-refractivity contribution < 1.29 is 19.1 Å². The Balaban J connectivity index is 2.44. The van der Waals surface area contributed by atoms with E-state index in [1.807, 2.05) is 19.9 Å². The van der Waals surface area contributed by atoms with Crippen molar-refractivity contribution in [3.8, 4) is 0 Å². The lowest BCUT2D eigenvalue weighted by Gasteiger charge is -2.09. The zero-order valence-electron chi connectivity index (χ0n) is 12.5. The number of nitrogens with one attached hydrogen (secondary N) is 2. The van der Waals surface area contributed by atoms with Gasteiger partial charge in [-0.3, -0.25) is 9.59 Å². The molecule has 21 heavy (non-hydrogen) atoms. The van der Waals surface area contributed by atoms with Gasteiger partial charge in [0.15, 0.2) is 6.61 Å². The Morgan fingerprint density at radius 3 is 2.48 bits per heavy atom. The standard InChI is InChI=1S/C15H20N2O4/c1-4-16-13(18)8-17-14(19)9-21-15(20)12-7-5-6-10(2)11(12)3/h5-7H,4,8-9H2,1-3H3,(H,16,18)(H,17,19). The van der Waals surface area contributed by atoms with E-state index in [9.17, 15) is 14.4 Å². The van der Waals surface area contributed by atoms with E-state index in [4.69, 9.17) is 4.74 Å². The highest BCUT2D eigenvalue weighted by molar-refractivity contribution is 5.93. The Morgan fingerprint density at radius 2 is 1.81 bits per heavy atom. The van der Waals surface area contributed by atoms with Crippen LogP contribution in [0.15, 0.2) is 18.2 Å². The van der Waals surface area contributed by atoms with Gasteiger partial charge in [0, 0.05) is 6.54 Å². The Hall–Kier alpha value is -2.37. The second-order valence-electron chi connectivity index (χ2n) is 4.55. The van der Waals surface area contributed by atoms with Gasteiger partial charge in [0.05, 0.1) is 12.1 Å². The molecule has 0 aliphatic heterocycles. The van der Waals surface area contributed by atoms with Crippen LogP contribution in [-0.2, 0) is 14.3 Å². The van der Waals surface area contributed by atoms with Crippen LogP contribution in [0.25, 0.3) is 0 Å². The van der Waals surface area contributed by atoms with E-state index < -0.39 is 18.5 Å². The number of likely N-dealkylation sites (N-methyl/N-ethyl adjacent to an activating group) is 1. The average molecular weight is 292 g/mol. The Labute approximate surface area is 123 Å². The molecule has 0 heterocycles. The van der Waals surface area contributed by atoms with Crippen LogP contribution in [-0.4, -0.2) is 37.5 Å². The van der Waals surface area contributed by atoms with Gasteiger partial charge >= 0.3 is 5.97 Å². The molecule has 0 atom stereocenters. The summed E-state index contributed by atoms with van der Waals surface area (Å²) >= 11 is 0. The van der Waals surface area contributed by atoms with Gasteiger partial charge < -0.3 is 15.4 Å². The smallest absolute Gasteiger partial charge is 0.338 e. The molecule has 1 rings (SSSR count). The van der Waals surface area contributed by atoms with E-state index in [1.54, 1.807) is 19.1 Å². The van der Waals surface area contributed by atoms with Crippen LogP contribution in [0.5, 0.6) is 0 Å². The van der Waals surface area contributed by atoms with Crippen LogP contribution in [0.1, 0.15) is 28.4 Å². The number of rotatable bonds is 6. The minimum Gasteiger partial charge on any atom is -0.452 e. The Morgan fingerprint density at radius 1 is 1.10 bits per heavy atom. The molecule has 1 aromatic carbocycles. The minimum absolute atomic E-state index is 0.131. The van der Waals surface area contributed by atoms with Crippen molar-refractivity contribution in [3.63, 3.8) is 0 Å². The maximum absolute atomic E-state index is 11.9. The normalized spacial score (nSPS) is 9.86. The number of esters is 1. The van der Waals surface area contributed by atoms with Gasteiger partial charge in [0.2, 0.25) is 5.91 Å².